The van der Waals surface area contributed by atoms with Crippen molar-refractivity contribution in [3.63, 3.8) is 0 Å². The number of anilines is 2. The SMILES string of the molecule is Cc1ccc(NC(=O)CN(C)c2nc3ccccc3s2)c(C)c1. The highest BCUT2D eigenvalue weighted by atomic mass is 32.1. The van der Waals surface area contributed by atoms with Gasteiger partial charge >= 0.3 is 0 Å². The summed E-state index contributed by atoms with van der Waals surface area (Å²) in [4.78, 5) is 18.7. The number of hydrogen-bond acceptors (Lipinski definition) is 4. The van der Waals surface area contributed by atoms with Gasteiger partial charge in [-0.15, -0.1) is 0 Å². The second-order valence-corrected chi connectivity index (χ2v) is 6.70. The molecule has 5 heteroatoms. The van der Waals surface area contributed by atoms with E-state index in [-0.39, 0.29) is 12.5 Å². The Morgan fingerprint density at radius 3 is 2.74 bits per heavy atom. The maximum Gasteiger partial charge on any atom is 0.243 e. The van der Waals surface area contributed by atoms with Gasteiger partial charge in [0.2, 0.25) is 5.91 Å². The van der Waals surface area contributed by atoms with Crippen LogP contribution in [0.3, 0.4) is 0 Å². The van der Waals surface area contributed by atoms with Crippen LogP contribution >= 0.6 is 11.3 Å². The average Bonchev–Trinajstić information content (AvgIpc) is 2.94. The summed E-state index contributed by atoms with van der Waals surface area (Å²) in [5, 5.41) is 3.82. The standard InChI is InChI=1S/C18H19N3OS/c1-12-8-9-14(13(2)10-12)19-17(22)11-21(3)18-20-15-6-4-5-7-16(15)23-18/h4-10H,11H2,1-3H3,(H,19,22). The number of aryl methyl sites for hydroxylation is 2. The molecule has 0 radical (unpaired) electrons. The molecule has 3 aromatic rings. The number of nitrogens with zero attached hydrogens (tertiary/aromatic N) is 2. The summed E-state index contributed by atoms with van der Waals surface area (Å²) < 4.78 is 1.13. The number of likely N-dealkylation sites (N-methyl/N-ethyl adjacent to an activating group) is 1. The van der Waals surface area contributed by atoms with Crippen molar-refractivity contribution in [2.24, 2.45) is 0 Å². The third kappa shape index (κ3) is 3.51. The molecule has 1 aromatic heterocycles. The van der Waals surface area contributed by atoms with E-state index >= 15 is 0 Å². The van der Waals surface area contributed by atoms with Crippen LogP contribution in [-0.4, -0.2) is 24.5 Å². The van der Waals surface area contributed by atoms with Gasteiger partial charge < -0.3 is 10.2 Å². The zero-order chi connectivity index (χ0) is 16.4. The first kappa shape index (κ1) is 15.5. The Kier molecular flexibility index (Phi) is 4.30. The van der Waals surface area contributed by atoms with Crippen molar-refractivity contribution in [2.75, 3.05) is 23.8 Å². The second-order valence-electron chi connectivity index (χ2n) is 5.69. The molecule has 1 N–H and O–H groups in total. The normalized spacial score (nSPS) is 10.7. The van der Waals surface area contributed by atoms with Gasteiger partial charge in [0, 0.05) is 12.7 Å². The number of amides is 1. The van der Waals surface area contributed by atoms with Crippen molar-refractivity contribution in [2.45, 2.75) is 13.8 Å². The summed E-state index contributed by atoms with van der Waals surface area (Å²) in [6, 6.07) is 14.0. The van der Waals surface area contributed by atoms with E-state index in [0.717, 1.165) is 26.6 Å². The van der Waals surface area contributed by atoms with Gasteiger partial charge in [0.25, 0.3) is 0 Å². The fraction of sp³-hybridized carbons (Fsp3) is 0.222. The second kappa shape index (κ2) is 6.38. The first-order chi connectivity index (χ1) is 11.0. The van der Waals surface area contributed by atoms with Crippen LogP contribution in [0.15, 0.2) is 42.5 Å². The van der Waals surface area contributed by atoms with Crippen LogP contribution < -0.4 is 10.2 Å². The van der Waals surface area contributed by atoms with Crippen LogP contribution in [0.25, 0.3) is 10.2 Å². The summed E-state index contributed by atoms with van der Waals surface area (Å²) in [6.45, 7) is 4.31. The van der Waals surface area contributed by atoms with Crippen LogP contribution in [0, 0.1) is 13.8 Å². The number of hydrogen-bond donors (Lipinski definition) is 1. The molecule has 2 aromatic carbocycles. The minimum absolute atomic E-state index is 0.0429. The fourth-order valence-electron chi connectivity index (χ4n) is 2.45. The number of nitrogens with one attached hydrogen (secondary N) is 1. The average molecular weight is 325 g/mol. The summed E-state index contributed by atoms with van der Waals surface area (Å²) >= 11 is 1.59. The number of carbonyl (C=O) groups is 1. The molecule has 0 unspecified atom stereocenters. The van der Waals surface area contributed by atoms with Gasteiger partial charge in [0.05, 0.1) is 16.8 Å². The molecule has 1 heterocycles. The Bertz CT molecular complexity index is 823. The Morgan fingerprint density at radius 2 is 2.00 bits per heavy atom. The first-order valence-corrected chi connectivity index (χ1v) is 8.28. The Balaban J connectivity index is 1.69. The lowest BCUT2D eigenvalue weighted by Crippen LogP contribution is -2.30. The predicted molar refractivity (Wildman–Crippen MR) is 97.4 cm³/mol. The van der Waals surface area contributed by atoms with Crippen molar-refractivity contribution in [3.05, 3.63) is 53.6 Å². The highest BCUT2D eigenvalue weighted by Gasteiger charge is 2.12. The molecule has 23 heavy (non-hydrogen) atoms. The van der Waals surface area contributed by atoms with Crippen molar-refractivity contribution < 1.29 is 4.79 Å². The lowest BCUT2D eigenvalue weighted by molar-refractivity contribution is -0.114. The van der Waals surface area contributed by atoms with Crippen molar-refractivity contribution in [3.8, 4) is 0 Å². The molecule has 0 bridgehead atoms. The minimum atomic E-state index is -0.0429. The predicted octanol–water partition coefficient (Wildman–Crippen LogP) is 3.99. The molecule has 0 saturated carbocycles. The molecular weight excluding hydrogens is 306 g/mol. The molecule has 0 aliphatic heterocycles. The third-order valence-corrected chi connectivity index (χ3v) is 4.80. The summed E-state index contributed by atoms with van der Waals surface area (Å²) in [5.74, 6) is -0.0429. The van der Waals surface area contributed by atoms with E-state index in [4.69, 9.17) is 0 Å². The first-order valence-electron chi connectivity index (χ1n) is 7.47. The zero-order valence-corrected chi connectivity index (χ0v) is 14.3. The van der Waals surface area contributed by atoms with E-state index in [1.807, 2.05) is 62.2 Å². The van der Waals surface area contributed by atoms with Crippen molar-refractivity contribution in [1.29, 1.82) is 0 Å². The van der Waals surface area contributed by atoms with Crippen LogP contribution in [0.1, 0.15) is 11.1 Å². The molecule has 0 saturated heterocycles. The highest BCUT2D eigenvalue weighted by molar-refractivity contribution is 7.22. The summed E-state index contributed by atoms with van der Waals surface area (Å²) in [6.07, 6.45) is 0. The summed E-state index contributed by atoms with van der Waals surface area (Å²) in [7, 11) is 1.89. The molecule has 1 amide bonds. The number of para-hydroxylation sites is 1. The molecule has 0 atom stereocenters. The summed E-state index contributed by atoms with van der Waals surface area (Å²) in [5.41, 5.74) is 4.08. The van der Waals surface area contributed by atoms with Gasteiger partial charge in [-0.25, -0.2) is 4.98 Å². The largest absolute Gasteiger partial charge is 0.342 e. The van der Waals surface area contributed by atoms with Crippen molar-refractivity contribution >= 4 is 38.3 Å². The highest BCUT2D eigenvalue weighted by Crippen LogP contribution is 2.27. The number of carbonyl (C=O) groups excluding carboxylic acids is 1. The quantitative estimate of drug-likeness (QED) is 0.789. The van der Waals surface area contributed by atoms with Crippen LogP contribution in [-0.2, 0) is 4.79 Å². The molecule has 4 nitrogen and oxygen atoms in total. The lowest BCUT2D eigenvalue weighted by Gasteiger charge is -2.16. The molecular formula is C18H19N3OS. The molecule has 0 aliphatic carbocycles. The molecule has 0 fully saturated rings. The smallest absolute Gasteiger partial charge is 0.243 e. The minimum Gasteiger partial charge on any atom is -0.342 e. The van der Waals surface area contributed by atoms with Gasteiger partial charge in [-0.05, 0) is 37.6 Å². The Morgan fingerprint density at radius 1 is 1.22 bits per heavy atom. The van der Waals surface area contributed by atoms with E-state index < -0.39 is 0 Å². The number of fused-ring (bicyclic) bond motifs is 1. The number of benzene rings is 2. The molecule has 0 aliphatic rings. The van der Waals surface area contributed by atoms with Crippen LogP contribution in [0.2, 0.25) is 0 Å². The number of rotatable bonds is 4. The Hall–Kier alpha value is -2.40. The number of thiazole rings is 1. The Labute approximate surface area is 139 Å². The maximum atomic E-state index is 12.3. The van der Waals surface area contributed by atoms with Crippen LogP contribution in [0.5, 0.6) is 0 Å². The van der Waals surface area contributed by atoms with E-state index in [0.29, 0.717) is 0 Å². The lowest BCUT2D eigenvalue weighted by atomic mass is 10.1. The van der Waals surface area contributed by atoms with E-state index in [2.05, 4.69) is 16.4 Å². The van der Waals surface area contributed by atoms with Gasteiger partial charge in [-0.1, -0.05) is 41.2 Å². The van der Waals surface area contributed by atoms with Gasteiger partial charge in [-0.2, -0.15) is 0 Å². The molecule has 0 spiro atoms. The van der Waals surface area contributed by atoms with Gasteiger partial charge in [-0.3, -0.25) is 4.79 Å². The maximum absolute atomic E-state index is 12.3. The monoisotopic (exact) mass is 325 g/mol. The van der Waals surface area contributed by atoms with E-state index in [1.54, 1.807) is 11.3 Å². The molecule has 118 valence electrons. The van der Waals surface area contributed by atoms with Gasteiger partial charge in [0.15, 0.2) is 5.13 Å². The third-order valence-electron chi connectivity index (χ3n) is 3.65. The van der Waals surface area contributed by atoms with Crippen LogP contribution in [0.4, 0.5) is 10.8 Å². The van der Waals surface area contributed by atoms with E-state index in [9.17, 15) is 4.79 Å². The number of aromatic nitrogens is 1. The van der Waals surface area contributed by atoms with Crippen molar-refractivity contribution in [1.82, 2.24) is 4.98 Å². The fourth-order valence-corrected chi connectivity index (χ4v) is 3.38. The molecule has 3 rings (SSSR count). The zero-order valence-electron chi connectivity index (χ0n) is 13.5. The van der Waals surface area contributed by atoms with E-state index in [1.165, 1.54) is 5.56 Å². The topological polar surface area (TPSA) is 45.2 Å². The van der Waals surface area contributed by atoms with Gasteiger partial charge in [0.1, 0.15) is 0 Å².